The van der Waals surface area contributed by atoms with Gasteiger partial charge in [0.25, 0.3) is 5.91 Å². The van der Waals surface area contributed by atoms with Gasteiger partial charge in [-0.2, -0.15) is 0 Å². The van der Waals surface area contributed by atoms with Gasteiger partial charge in [-0.1, -0.05) is 46.3 Å². The van der Waals surface area contributed by atoms with Crippen molar-refractivity contribution in [3.05, 3.63) is 63.9 Å². The Hall–Kier alpha value is -2.45. The molecule has 28 heavy (non-hydrogen) atoms. The minimum absolute atomic E-state index is 0.0383. The Morgan fingerprint density at radius 2 is 1.79 bits per heavy atom. The van der Waals surface area contributed by atoms with Gasteiger partial charge in [-0.3, -0.25) is 14.5 Å². The minimum Gasteiger partial charge on any atom is -0.368 e. The second-order valence-corrected chi connectivity index (χ2v) is 7.59. The Bertz CT molecular complexity index is 855. The highest BCUT2D eigenvalue weighted by Crippen LogP contribution is 2.28. The summed E-state index contributed by atoms with van der Waals surface area (Å²) in [5, 5.41) is 2.92. The number of nitrogens with one attached hydrogen (secondary N) is 1. The number of carbonyl (C=O) groups is 2. The number of primary amides is 1. The number of benzene rings is 2. The molecule has 0 aromatic heterocycles. The SMILES string of the molecule is NC(=O)c1c(F)cc(Br)cc1N1CCN(CC(=O)NCc2ccccc2)CC1. The van der Waals surface area contributed by atoms with Crippen LogP contribution in [0, 0.1) is 5.82 Å². The van der Waals surface area contributed by atoms with Gasteiger partial charge >= 0.3 is 0 Å². The first-order valence-electron chi connectivity index (χ1n) is 9.01. The molecule has 0 bridgehead atoms. The van der Waals surface area contributed by atoms with Crippen LogP contribution >= 0.6 is 15.9 Å². The molecule has 0 atom stereocenters. The van der Waals surface area contributed by atoms with Crippen molar-refractivity contribution in [2.45, 2.75) is 6.54 Å². The predicted octanol–water partition coefficient (Wildman–Crippen LogP) is 2.13. The van der Waals surface area contributed by atoms with Crippen LogP contribution in [0.3, 0.4) is 0 Å². The summed E-state index contributed by atoms with van der Waals surface area (Å²) in [6.07, 6.45) is 0. The zero-order chi connectivity index (χ0) is 20.1. The van der Waals surface area contributed by atoms with E-state index in [9.17, 15) is 14.0 Å². The van der Waals surface area contributed by atoms with Gasteiger partial charge in [0.2, 0.25) is 5.91 Å². The Labute approximate surface area is 171 Å². The molecule has 6 nitrogen and oxygen atoms in total. The summed E-state index contributed by atoms with van der Waals surface area (Å²) in [6, 6.07) is 12.7. The maximum absolute atomic E-state index is 14.2. The zero-order valence-corrected chi connectivity index (χ0v) is 16.9. The molecule has 1 fully saturated rings. The highest BCUT2D eigenvalue weighted by atomic mass is 79.9. The number of halogens is 2. The number of rotatable bonds is 6. The number of amides is 2. The van der Waals surface area contributed by atoms with Gasteiger partial charge in [0.05, 0.1) is 17.8 Å². The molecule has 3 rings (SSSR count). The predicted molar refractivity (Wildman–Crippen MR) is 110 cm³/mol. The number of piperazine rings is 1. The summed E-state index contributed by atoms with van der Waals surface area (Å²) in [5.74, 6) is -1.47. The molecule has 0 radical (unpaired) electrons. The molecule has 1 aliphatic rings. The minimum atomic E-state index is -0.789. The van der Waals surface area contributed by atoms with Crippen molar-refractivity contribution in [2.75, 3.05) is 37.6 Å². The van der Waals surface area contributed by atoms with Crippen molar-refractivity contribution in [3.63, 3.8) is 0 Å². The second-order valence-electron chi connectivity index (χ2n) is 6.67. The number of anilines is 1. The van der Waals surface area contributed by atoms with Crippen LogP contribution in [0.2, 0.25) is 0 Å². The topological polar surface area (TPSA) is 78.7 Å². The number of nitrogens with zero attached hydrogens (tertiary/aromatic N) is 2. The Morgan fingerprint density at radius 3 is 2.43 bits per heavy atom. The largest absolute Gasteiger partial charge is 0.368 e. The van der Waals surface area contributed by atoms with E-state index >= 15 is 0 Å². The van der Waals surface area contributed by atoms with E-state index in [1.54, 1.807) is 6.07 Å². The second kappa shape index (κ2) is 9.16. The smallest absolute Gasteiger partial charge is 0.253 e. The Morgan fingerprint density at radius 1 is 1.11 bits per heavy atom. The lowest BCUT2D eigenvalue weighted by atomic mass is 10.1. The first kappa shape index (κ1) is 20.3. The standard InChI is InChI=1S/C20H22BrFN4O2/c21-15-10-16(22)19(20(23)28)17(11-15)26-8-6-25(7-9-26)13-18(27)24-12-14-4-2-1-3-5-14/h1-5,10-11H,6-9,12-13H2,(H2,23,28)(H,24,27). The molecule has 1 saturated heterocycles. The maximum atomic E-state index is 14.2. The third-order valence-corrected chi connectivity index (χ3v) is 5.15. The maximum Gasteiger partial charge on any atom is 0.253 e. The van der Waals surface area contributed by atoms with Gasteiger partial charge in [0.1, 0.15) is 5.82 Å². The molecule has 0 saturated carbocycles. The molecular formula is C20H22BrFN4O2. The molecule has 2 aromatic rings. The average molecular weight is 449 g/mol. The van der Waals surface area contributed by atoms with Crippen molar-refractivity contribution in [3.8, 4) is 0 Å². The van der Waals surface area contributed by atoms with Crippen molar-refractivity contribution in [2.24, 2.45) is 5.73 Å². The summed E-state index contributed by atoms with van der Waals surface area (Å²) in [4.78, 5) is 27.8. The van der Waals surface area contributed by atoms with E-state index in [0.717, 1.165) is 5.56 Å². The molecule has 0 unspecified atom stereocenters. The molecule has 0 spiro atoms. The van der Waals surface area contributed by atoms with Gasteiger partial charge in [-0.25, -0.2) is 4.39 Å². The third kappa shape index (κ3) is 5.08. The fourth-order valence-electron chi connectivity index (χ4n) is 3.26. The van der Waals surface area contributed by atoms with E-state index in [1.807, 2.05) is 40.1 Å². The lowest BCUT2D eigenvalue weighted by molar-refractivity contribution is -0.122. The van der Waals surface area contributed by atoms with Crippen LogP contribution in [-0.2, 0) is 11.3 Å². The van der Waals surface area contributed by atoms with Gasteiger partial charge in [0, 0.05) is 37.2 Å². The van der Waals surface area contributed by atoms with E-state index in [1.165, 1.54) is 6.07 Å². The van der Waals surface area contributed by atoms with E-state index in [-0.39, 0.29) is 11.5 Å². The van der Waals surface area contributed by atoms with E-state index in [0.29, 0.717) is 49.4 Å². The van der Waals surface area contributed by atoms with Gasteiger partial charge in [0.15, 0.2) is 0 Å². The lowest BCUT2D eigenvalue weighted by Crippen LogP contribution is -2.49. The number of nitrogens with two attached hydrogens (primary N) is 1. The highest BCUT2D eigenvalue weighted by molar-refractivity contribution is 9.10. The summed E-state index contributed by atoms with van der Waals surface area (Å²) >= 11 is 3.26. The third-order valence-electron chi connectivity index (χ3n) is 4.69. The van der Waals surface area contributed by atoms with Gasteiger partial charge in [-0.15, -0.1) is 0 Å². The molecule has 148 valence electrons. The van der Waals surface area contributed by atoms with Crippen molar-refractivity contribution < 1.29 is 14.0 Å². The van der Waals surface area contributed by atoms with Crippen LogP contribution in [0.15, 0.2) is 46.9 Å². The van der Waals surface area contributed by atoms with Crippen LogP contribution in [-0.4, -0.2) is 49.4 Å². The highest BCUT2D eigenvalue weighted by Gasteiger charge is 2.24. The Balaban J connectivity index is 1.55. The fourth-order valence-corrected chi connectivity index (χ4v) is 3.67. The molecule has 2 aromatic carbocycles. The van der Waals surface area contributed by atoms with E-state index in [4.69, 9.17) is 5.73 Å². The molecule has 2 amide bonds. The van der Waals surface area contributed by atoms with E-state index in [2.05, 4.69) is 21.2 Å². The Kier molecular flexibility index (Phi) is 6.64. The molecule has 8 heteroatoms. The molecule has 1 heterocycles. The number of hydrogen-bond acceptors (Lipinski definition) is 4. The monoisotopic (exact) mass is 448 g/mol. The van der Waals surface area contributed by atoms with Crippen molar-refractivity contribution >= 4 is 33.4 Å². The van der Waals surface area contributed by atoms with Crippen LogP contribution in [0.5, 0.6) is 0 Å². The van der Waals surface area contributed by atoms with Gasteiger partial charge < -0.3 is 16.0 Å². The summed E-state index contributed by atoms with van der Waals surface area (Å²) in [6.45, 7) is 3.20. The first-order chi connectivity index (χ1) is 13.4. The molecule has 3 N–H and O–H groups in total. The summed E-state index contributed by atoms with van der Waals surface area (Å²) in [5.41, 5.74) is 6.79. The zero-order valence-electron chi connectivity index (χ0n) is 15.3. The summed E-state index contributed by atoms with van der Waals surface area (Å²) < 4.78 is 14.7. The van der Waals surface area contributed by atoms with Crippen LogP contribution in [0.4, 0.5) is 10.1 Å². The normalized spacial score (nSPS) is 14.7. The van der Waals surface area contributed by atoms with E-state index < -0.39 is 11.7 Å². The first-order valence-corrected chi connectivity index (χ1v) is 9.80. The quantitative estimate of drug-likeness (QED) is 0.709. The number of hydrogen-bond donors (Lipinski definition) is 2. The lowest BCUT2D eigenvalue weighted by Gasteiger charge is -2.36. The number of carbonyl (C=O) groups excluding carboxylic acids is 2. The van der Waals surface area contributed by atoms with Crippen LogP contribution in [0.25, 0.3) is 0 Å². The van der Waals surface area contributed by atoms with Crippen LogP contribution < -0.4 is 16.0 Å². The fraction of sp³-hybridized carbons (Fsp3) is 0.300. The molecule has 1 aliphatic heterocycles. The molecular weight excluding hydrogens is 427 g/mol. The van der Waals surface area contributed by atoms with Crippen molar-refractivity contribution in [1.82, 2.24) is 10.2 Å². The van der Waals surface area contributed by atoms with Gasteiger partial charge in [-0.05, 0) is 17.7 Å². The molecule has 0 aliphatic carbocycles. The summed E-state index contributed by atoms with van der Waals surface area (Å²) in [7, 11) is 0. The average Bonchev–Trinajstić information content (AvgIpc) is 2.67. The van der Waals surface area contributed by atoms with Crippen LogP contribution in [0.1, 0.15) is 15.9 Å². The van der Waals surface area contributed by atoms with Crippen molar-refractivity contribution in [1.29, 1.82) is 0 Å².